The average Bonchev–Trinajstić information content (AvgIpc) is 2.64. The normalized spacial score (nSPS) is 20.5. The van der Waals surface area contributed by atoms with Crippen LogP contribution in [0, 0.1) is 0 Å². The summed E-state index contributed by atoms with van der Waals surface area (Å²) in [5.74, 6) is 0. The summed E-state index contributed by atoms with van der Waals surface area (Å²) >= 11 is 0. The molecule has 0 aromatic heterocycles. The highest BCUT2D eigenvalue weighted by molar-refractivity contribution is 4.62. The Balaban J connectivity index is 1.25. The fourth-order valence-corrected chi connectivity index (χ4v) is 3.05. The Bertz CT molecular complexity index is 254. The third-order valence-corrected chi connectivity index (χ3v) is 4.61. The molecule has 0 aromatic rings. The maximum absolute atomic E-state index is 5.63. The molecule has 2 rings (SSSR count). The van der Waals surface area contributed by atoms with Crippen molar-refractivity contribution < 1.29 is 18.9 Å². The topological polar surface area (TPSA) is 43.4 Å². The van der Waals surface area contributed by atoms with E-state index in [-0.39, 0.29) is 0 Å². The Morgan fingerprint density at radius 1 is 0.542 bits per heavy atom. The molecule has 0 unspecified atom stereocenters. The van der Waals surface area contributed by atoms with E-state index in [1.165, 1.54) is 25.9 Å². The molecule has 24 heavy (non-hydrogen) atoms. The second kappa shape index (κ2) is 14.0. The molecule has 0 bridgehead atoms. The molecule has 142 valence electrons. The van der Waals surface area contributed by atoms with Crippen LogP contribution in [0.1, 0.15) is 25.7 Å². The van der Waals surface area contributed by atoms with Crippen molar-refractivity contribution in [3.8, 4) is 0 Å². The first-order valence-corrected chi connectivity index (χ1v) is 9.71. The van der Waals surface area contributed by atoms with Gasteiger partial charge in [-0.15, -0.1) is 0 Å². The lowest BCUT2D eigenvalue weighted by molar-refractivity contribution is 0.0282. The van der Waals surface area contributed by atoms with Gasteiger partial charge in [-0.1, -0.05) is 0 Å². The lowest BCUT2D eigenvalue weighted by atomic mass is 10.3. The Hall–Kier alpha value is -0.240. The molecule has 0 saturated carbocycles. The van der Waals surface area contributed by atoms with Gasteiger partial charge in [-0.25, -0.2) is 0 Å². The van der Waals surface area contributed by atoms with Gasteiger partial charge in [-0.2, -0.15) is 0 Å². The summed E-state index contributed by atoms with van der Waals surface area (Å²) < 4.78 is 22.0. The zero-order valence-corrected chi connectivity index (χ0v) is 15.3. The number of nitrogens with zero attached hydrogens (tertiary/aromatic N) is 2. The SMILES string of the molecule is C(CCN1CCOCC1)COCCOCCCCN1CCOCC1. The minimum absolute atomic E-state index is 0.723. The quantitative estimate of drug-likeness (QED) is 0.469. The zero-order valence-electron chi connectivity index (χ0n) is 15.3. The van der Waals surface area contributed by atoms with Crippen molar-refractivity contribution in [1.29, 1.82) is 0 Å². The summed E-state index contributed by atoms with van der Waals surface area (Å²) in [6.45, 7) is 13.4. The third-order valence-electron chi connectivity index (χ3n) is 4.61. The summed E-state index contributed by atoms with van der Waals surface area (Å²) in [5, 5.41) is 0. The van der Waals surface area contributed by atoms with Crippen LogP contribution < -0.4 is 0 Å². The van der Waals surface area contributed by atoms with Crippen LogP contribution >= 0.6 is 0 Å². The van der Waals surface area contributed by atoms with Crippen molar-refractivity contribution in [2.45, 2.75) is 25.7 Å². The van der Waals surface area contributed by atoms with Gasteiger partial charge in [0, 0.05) is 39.4 Å². The molecule has 0 radical (unpaired) electrons. The predicted molar refractivity (Wildman–Crippen MR) is 94.6 cm³/mol. The predicted octanol–water partition coefficient (Wildman–Crippen LogP) is 1.24. The van der Waals surface area contributed by atoms with E-state index in [2.05, 4.69) is 9.80 Å². The molecule has 0 aromatic carbocycles. The van der Waals surface area contributed by atoms with E-state index >= 15 is 0 Å². The molecule has 2 saturated heterocycles. The Morgan fingerprint density at radius 3 is 1.38 bits per heavy atom. The van der Waals surface area contributed by atoms with Crippen LogP contribution in [0.4, 0.5) is 0 Å². The molecular formula is C18H36N2O4. The van der Waals surface area contributed by atoms with E-state index in [1.807, 2.05) is 0 Å². The number of ether oxygens (including phenoxy) is 4. The van der Waals surface area contributed by atoms with Crippen LogP contribution in [0.25, 0.3) is 0 Å². The molecule has 0 aliphatic carbocycles. The summed E-state index contributed by atoms with van der Waals surface area (Å²) in [5.41, 5.74) is 0. The van der Waals surface area contributed by atoms with Crippen molar-refractivity contribution in [3.05, 3.63) is 0 Å². The largest absolute Gasteiger partial charge is 0.379 e. The van der Waals surface area contributed by atoms with Crippen LogP contribution in [0.2, 0.25) is 0 Å². The van der Waals surface area contributed by atoms with Gasteiger partial charge in [0.05, 0.1) is 39.6 Å². The van der Waals surface area contributed by atoms with Crippen molar-refractivity contribution in [2.75, 3.05) is 92.1 Å². The second-order valence-electron chi connectivity index (χ2n) is 6.55. The first-order valence-electron chi connectivity index (χ1n) is 9.71. The highest BCUT2D eigenvalue weighted by Crippen LogP contribution is 2.01. The summed E-state index contributed by atoms with van der Waals surface area (Å²) in [6.07, 6.45) is 4.69. The van der Waals surface area contributed by atoms with Crippen molar-refractivity contribution in [1.82, 2.24) is 9.80 Å². The van der Waals surface area contributed by atoms with Gasteiger partial charge in [0.1, 0.15) is 0 Å². The fraction of sp³-hybridized carbons (Fsp3) is 1.00. The van der Waals surface area contributed by atoms with E-state index in [4.69, 9.17) is 18.9 Å². The molecule has 6 heteroatoms. The Labute approximate surface area is 147 Å². The van der Waals surface area contributed by atoms with Gasteiger partial charge in [0.25, 0.3) is 0 Å². The monoisotopic (exact) mass is 344 g/mol. The molecule has 6 nitrogen and oxygen atoms in total. The molecular weight excluding hydrogens is 308 g/mol. The average molecular weight is 344 g/mol. The van der Waals surface area contributed by atoms with Gasteiger partial charge in [0.15, 0.2) is 0 Å². The molecule has 0 spiro atoms. The Kier molecular flexibility index (Phi) is 11.7. The highest BCUT2D eigenvalue weighted by Gasteiger charge is 2.09. The molecule has 2 aliphatic rings. The van der Waals surface area contributed by atoms with Crippen LogP contribution in [-0.4, -0.2) is 102 Å². The van der Waals surface area contributed by atoms with E-state index in [0.717, 1.165) is 91.9 Å². The molecule has 2 fully saturated rings. The van der Waals surface area contributed by atoms with E-state index in [1.54, 1.807) is 0 Å². The summed E-state index contributed by atoms with van der Waals surface area (Å²) in [7, 11) is 0. The van der Waals surface area contributed by atoms with Crippen LogP contribution in [0.15, 0.2) is 0 Å². The van der Waals surface area contributed by atoms with Gasteiger partial charge in [-0.05, 0) is 38.8 Å². The smallest absolute Gasteiger partial charge is 0.0700 e. The third kappa shape index (κ3) is 9.91. The van der Waals surface area contributed by atoms with Crippen LogP contribution in [-0.2, 0) is 18.9 Å². The lowest BCUT2D eigenvalue weighted by Gasteiger charge is -2.26. The van der Waals surface area contributed by atoms with Gasteiger partial charge in [-0.3, -0.25) is 9.80 Å². The minimum atomic E-state index is 0.723. The lowest BCUT2D eigenvalue weighted by Crippen LogP contribution is -2.36. The highest BCUT2D eigenvalue weighted by atomic mass is 16.5. The van der Waals surface area contributed by atoms with Gasteiger partial charge < -0.3 is 18.9 Å². The number of morpholine rings is 2. The summed E-state index contributed by atoms with van der Waals surface area (Å²) in [6, 6.07) is 0. The molecule has 0 N–H and O–H groups in total. The second-order valence-corrected chi connectivity index (χ2v) is 6.55. The zero-order chi connectivity index (χ0) is 16.7. The molecule has 2 aliphatic heterocycles. The van der Waals surface area contributed by atoms with Crippen molar-refractivity contribution in [2.24, 2.45) is 0 Å². The van der Waals surface area contributed by atoms with Crippen molar-refractivity contribution >= 4 is 0 Å². The van der Waals surface area contributed by atoms with Crippen LogP contribution in [0.3, 0.4) is 0 Å². The number of unbranched alkanes of at least 4 members (excludes halogenated alkanes) is 2. The van der Waals surface area contributed by atoms with Crippen LogP contribution in [0.5, 0.6) is 0 Å². The first kappa shape index (κ1) is 20.1. The summed E-state index contributed by atoms with van der Waals surface area (Å²) in [4.78, 5) is 4.95. The maximum Gasteiger partial charge on any atom is 0.0700 e. The van der Waals surface area contributed by atoms with E-state index in [9.17, 15) is 0 Å². The van der Waals surface area contributed by atoms with E-state index in [0.29, 0.717) is 0 Å². The van der Waals surface area contributed by atoms with Gasteiger partial charge in [0.2, 0.25) is 0 Å². The minimum Gasteiger partial charge on any atom is -0.379 e. The number of hydrogen-bond acceptors (Lipinski definition) is 6. The first-order chi connectivity index (χ1) is 11.9. The number of rotatable bonds is 13. The maximum atomic E-state index is 5.63. The fourth-order valence-electron chi connectivity index (χ4n) is 3.05. The van der Waals surface area contributed by atoms with Gasteiger partial charge >= 0.3 is 0 Å². The molecule has 0 amide bonds. The van der Waals surface area contributed by atoms with Crippen molar-refractivity contribution in [3.63, 3.8) is 0 Å². The standard InChI is InChI=1S/C18H36N2O4/c1(5-19-7-13-23-14-8-19)3-11-21-17-18-22-12-4-2-6-20-9-15-24-16-10-20/h1-18H2. The number of hydrogen-bond donors (Lipinski definition) is 0. The molecule has 0 atom stereocenters. The Morgan fingerprint density at radius 2 is 0.958 bits per heavy atom. The van der Waals surface area contributed by atoms with E-state index < -0.39 is 0 Å². The molecule has 2 heterocycles.